The third kappa shape index (κ3) is 2.47. The van der Waals surface area contributed by atoms with Gasteiger partial charge in [0.15, 0.2) is 5.79 Å². The van der Waals surface area contributed by atoms with Crippen molar-refractivity contribution in [2.45, 2.75) is 50.4 Å². The molecule has 2 amide bonds. The minimum absolute atomic E-state index is 0.0556. The van der Waals surface area contributed by atoms with Crippen LogP contribution in [0.1, 0.15) is 38.5 Å². The summed E-state index contributed by atoms with van der Waals surface area (Å²) in [6, 6.07) is 0.431. The molecule has 2 aliphatic heterocycles. The van der Waals surface area contributed by atoms with Crippen molar-refractivity contribution in [1.29, 1.82) is 0 Å². The second-order valence-corrected chi connectivity index (χ2v) is 5.56. The van der Waals surface area contributed by atoms with E-state index in [4.69, 9.17) is 9.47 Å². The Hall–Kier alpha value is -0.810. The molecule has 0 atom stereocenters. The van der Waals surface area contributed by atoms with E-state index in [1.807, 2.05) is 4.90 Å². The van der Waals surface area contributed by atoms with Crippen molar-refractivity contribution in [3.05, 3.63) is 0 Å². The van der Waals surface area contributed by atoms with Crippen LogP contribution in [0.15, 0.2) is 0 Å². The number of hydrogen-bond donors (Lipinski definition) is 1. The molecule has 0 radical (unpaired) electrons. The molecule has 0 aromatic rings. The summed E-state index contributed by atoms with van der Waals surface area (Å²) in [6.07, 6.45) is 6.58. The average molecular weight is 254 g/mol. The second-order valence-electron chi connectivity index (χ2n) is 5.56. The molecule has 18 heavy (non-hydrogen) atoms. The molecular formula is C13H22N2O3. The smallest absolute Gasteiger partial charge is 0.317 e. The average Bonchev–Trinajstić information content (AvgIpc) is 3.02. The quantitative estimate of drug-likeness (QED) is 0.771. The topological polar surface area (TPSA) is 50.8 Å². The molecule has 102 valence electrons. The van der Waals surface area contributed by atoms with Gasteiger partial charge in [0.25, 0.3) is 0 Å². The molecule has 2 heterocycles. The maximum absolute atomic E-state index is 12.2. The number of ether oxygens (including phenoxy) is 2. The Morgan fingerprint density at radius 3 is 2.61 bits per heavy atom. The molecule has 3 rings (SSSR count). The monoisotopic (exact) mass is 254 g/mol. The lowest BCUT2D eigenvalue weighted by molar-refractivity contribution is -0.182. The number of carbonyl (C=O) groups is 1. The molecule has 3 aliphatic rings. The van der Waals surface area contributed by atoms with Gasteiger partial charge in [-0.25, -0.2) is 4.79 Å². The van der Waals surface area contributed by atoms with Gasteiger partial charge in [0.05, 0.1) is 19.8 Å². The summed E-state index contributed by atoms with van der Waals surface area (Å²) in [4.78, 5) is 14.1. The number of nitrogens with one attached hydrogen (secondary N) is 1. The first-order chi connectivity index (χ1) is 8.77. The molecule has 0 bridgehead atoms. The summed E-state index contributed by atoms with van der Waals surface area (Å²) in [5, 5.41) is 3.13. The van der Waals surface area contributed by atoms with Crippen LogP contribution in [0.3, 0.4) is 0 Å². The van der Waals surface area contributed by atoms with E-state index in [1.54, 1.807) is 0 Å². The minimum Gasteiger partial charge on any atom is -0.346 e. The summed E-state index contributed by atoms with van der Waals surface area (Å²) >= 11 is 0. The molecule has 0 unspecified atom stereocenters. The van der Waals surface area contributed by atoms with Crippen LogP contribution in [0.2, 0.25) is 0 Å². The summed E-state index contributed by atoms with van der Waals surface area (Å²) in [5.41, 5.74) is 0. The zero-order chi connectivity index (χ0) is 12.4. The van der Waals surface area contributed by atoms with E-state index >= 15 is 0 Å². The van der Waals surface area contributed by atoms with Crippen molar-refractivity contribution in [3.8, 4) is 0 Å². The number of amides is 2. The summed E-state index contributed by atoms with van der Waals surface area (Å²) < 4.78 is 11.4. The van der Waals surface area contributed by atoms with Crippen molar-refractivity contribution in [2.75, 3.05) is 26.3 Å². The summed E-state index contributed by atoms with van der Waals surface area (Å²) in [7, 11) is 0. The number of carbonyl (C=O) groups excluding carboxylic acids is 1. The van der Waals surface area contributed by atoms with Crippen LogP contribution >= 0.6 is 0 Å². The van der Waals surface area contributed by atoms with E-state index < -0.39 is 5.79 Å². The number of nitrogens with zero attached hydrogens (tertiary/aromatic N) is 1. The zero-order valence-electron chi connectivity index (χ0n) is 10.8. The van der Waals surface area contributed by atoms with E-state index in [1.165, 1.54) is 12.8 Å². The highest BCUT2D eigenvalue weighted by molar-refractivity contribution is 5.74. The van der Waals surface area contributed by atoms with Gasteiger partial charge in [-0.15, -0.1) is 0 Å². The standard InChI is InChI=1S/C13H22N2O3/c16-12(14-11-4-1-2-5-11)15-7-3-6-13(10-15)17-8-9-18-13/h11H,1-10H2,(H,14,16). The Morgan fingerprint density at radius 1 is 1.17 bits per heavy atom. The van der Waals surface area contributed by atoms with Crippen LogP contribution in [0.25, 0.3) is 0 Å². The van der Waals surface area contributed by atoms with E-state index in [-0.39, 0.29) is 6.03 Å². The van der Waals surface area contributed by atoms with Gasteiger partial charge in [-0.3, -0.25) is 0 Å². The molecular weight excluding hydrogens is 232 g/mol. The van der Waals surface area contributed by atoms with Crippen LogP contribution in [0.5, 0.6) is 0 Å². The molecule has 0 aromatic carbocycles. The van der Waals surface area contributed by atoms with Crippen molar-refractivity contribution >= 4 is 6.03 Å². The van der Waals surface area contributed by atoms with E-state index in [2.05, 4.69) is 5.32 Å². The van der Waals surface area contributed by atoms with Crippen molar-refractivity contribution in [2.24, 2.45) is 0 Å². The third-order valence-corrected chi connectivity index (χ3v) is 4.20. The van der Waals surface area contributed by atoms with Crippen LogP contribution < -0.4 is 5.32 Å². The Labute approximate surface area is 108 Å². The summed E-state index contributed by atoms with van der Waals surface area (Å²) in [6.45, 7) is 2.69. The SMILES string of the molecule is O=C(NC1CCCC1)N1CCCC2(C1)OCCO2. The fourth-order valence-electron chi connectivity index (χ4n) is 3.23. The Balaban J connectivity index is 1.56. The van der Waals surface area contributed by atoms with Crippen LogP contribution in [-0.2, 0) is 9.47 Å². The molecule has 1 saturated carbocycles. The fraction of sp³-hybridized carbons (Fsp3) is 0.923. The Morgan fingerprint density at radius 2 is 1.89 bits per heavy atom. The zero-order valence-corrected chi connectivity index (χ0v) is 10.8. The normalized spacial score (nSPS) is 27.9. The highest BCUT2D eigenvalue weighted by Crippen LogP contribution is 2.30. The number of urea groups is 1. The molecule has 1 aliphatic carbocycles. The number of likely N-dealkylation sites (tertiary alicyclic amines) is 1. The molecule has 0 aromatic heterocycles. The minimum atomic E-state index is -0.509. The molecule has 2 saturated heterocycles. The highest BCUT2D eigenvalue weighted by atomic mass is 16.7. The number of piperidine rings is 1. The molecule has 3 fully saturated rings. The van der Waals surface area contributed by atoms with Gasteiger partial charge in [0.1, 0.15) is 0 Å². The van der Waals surface area contributed by atoms with Crippen molar-refractivity contribution in [3.63, 3.8) is 0 Å². The highest BCUT2D eigenvalue weighted by Gasteiger charge is 2.42. The van der Waals surface area contributed by atoms with Gasteiger partial charge in [-0.05, 0) is 19.3 Å². The van der Waals surface area contributed by atoms with Gasteiger partial charge >= 0.3 is 6.03 Å². The lowest BCUT2D eigenvalue weighted by Crippen LogP contribution is -2.54. The first-order valence-corrected chi connectivity index (χ1v) is 7.11. The van der Waals surface area contributed by atoms with Crippen molar-refractivity contribution < 1.29 is 14.3 Å². The predicted molar refractivity (Wildman–Crippen MR) is 66.2 cm³/mol. The maximum atomic E-state index is 12.2. The molecule has 5 heteroatoms. The third-order valence-electron chi connectivity index (χ3n) is 4.20. The first kappa shape index (κ1) is 12.2. The predicted octanol–water partition coefficient (Wildman–Crippen LogP) is 1.48. The maximum Gasteiger partial charge on any atom is 0.317 e. The van der Waals surface area contributed by atoms with Crippen LogP contribution in [-0.4, -0.2) is 49.1 Å². The number of hydrogen-bond acceptors (Lipinski definition) is 3. The lowest BCUT2D eigenvalue weighted by atomic mass is 10.1. The van der Waals surface area contributed by atoms with Gasteiger partial charge in [0.2, 0.25) is 0 Å². The Bertz CT molecular complexity index is 309. The second kappa shape index (κ2) is 5.05. The largest absolute Gasteiger partial charge is 0.346 e. The van der Waals surface area contributed by atoms with Crippen LogP contribution in [0.4, 0.5) is 4.79 Å². The first-order valence-electron chi connectivity index (χ1n) is 7.11. The van der Waals surface area contributed by atoms with Gasteiger partial charge in [-0.2, -0.15) is 0 Å². The van der Waals surface area contributed by atoms with Crippen molar-refractivity contribution in [1.82, 2.24) is 10.2 Å². The fourth-order valence-corrected chi connectivity index (χ4v) is 3.23. The van der Waals surface area contributed by atoms with E-state index in [0.29, 0.717) is 25.8 Å². The van der Waals surface area contributed by atoms with E-state index in [9.17, 15) is 4.79 Å². The lowest BCUT2D eigenvalue weighted by Gasteiger charge is -2.38. The molecule has 1 spiro atoms. The van der Waals surface area contributed by atoms with Gasteiger partial charge in [0, 0.05) is 19.0 Å². The summed E-state index contributed by atoms with van der Waals surface area (Å²) in [5.74, 6) is -0.509. The van der Waals surface area contributed by atoms with Gasteiger partial charge < -0.3 is 19.7 Å². The number of rotatable bonds is 1. The van der Waals surface area contributed by atoms with Crippen LogP contribution in [0, 0.1) is 0 Å². The molecule has 5 nitrogen and oxygen atoms in total. The van der Waals surface area contributed by atoms with E-state index in [0.717, 1.165) is 32.2 Å². The Kier molecular flexibility index (Phi) is 3.43. The molecule has 1 N–H and O–H groups in total. The van der Waals surface area contributed by atoms with Gasteiger partial charge in [-0.1, -0.05) is 12.8 Å².